The highest BCUT2D eigenvalue weighted by molar-refractivity contribution is 7.99. The summed E-state index contributed by atoms with van der Waals surface area (Å²) < 4.78 is 1.71. The molecule has 1 unspecified atom stereocenters. The standard InChI is InChI=1S/C25H20ClN7OS2/c1-14-27-23-21(24(28-14)36-25-30-31-32-33(25)18-8-3-2-4-9-18)19-11-10-15(12-20(19)35-23)22(34)29-17-7-5-6-16(26)13-17/h2-9,13,15H,10-12H2,1H3,(H,29,34). The number of hydrogen-bond acceptors (Lipinski definition) is 8. The molecule has 11 heteroatoms. The summed E-state index contributed by atoms with van der Waals surface area (Å²) >= 11 is 9.16. The van der Waals surface area contributed by atoms with Gasteiger partial charge in [-0.2, -0.15) is 4.68 Å². The number of nitrogens with zero attached hydrogens (tertiary/aromatic N) is 6. The minimum Gasteiger partial charge on any atom is -0.326 e. The predicted molar refractivity (Wildman–Crippen MR) is 141 cm³/mol. The van der Waals surface area contributed by atoms with Gasteiger partial charge in [-0.05, 0) is 84.3 Å². The van der Waals surface area contributed by atoms with E-state index >= 15 is 0 Å². The average Bonchev–Trinajstić information content (AvgIpc) is 3.48. The van der Waals surface area contributed by atoms with Gasteiger partial charge in [-0.15, -0.1) is 16.4 Å². The van der Waals surface area contributed by atoms with Gasteiger partial charge in [0.15, 0.2) is 0 Å². The first-order valence-corrected chi connectivity index (χ1v) is 13.4. The van der Waals surface area contributed by atoms with E-state index in [1.807, 2.05) is 49.4 Å². The van der Waals surface area contributed by atoms with Gasteiger partial charge in [0.05, 0.1) is 5.69 Å². The molecule has 0 fully saturated rings. The first-order chi connectivity index (χ1) is 17.5. The smallest absolute Gasteiger partial charge is 0.227 e. The second kappa shape index (κ2) is 9.61. The van der Waals surface area contributed by atoms with Crippen molar-refractivity contribution in [3.05, 3.63) is 75.9 Å². The van der Waals surface area contributed by atoms with E-state index in [4.69, 9.17) is 21.6 Å². The molecule has 3 heterocycles. The number of carbonyl (C=O) groups is 1. The maximum absolute atomic E-state index is 13.0. The zero-order valence-electron chi connectivity index (χ0n) is 19.2. The normalized spacial score (nSPS) is 15.1. The van der Waals surface area contributed by atoms with Crippen molar-refractivity contribution in [2.75, 3.05) is 5.32 Å². The Balaban J connectivity index is 1.30. The van der Waals surface area contributed by atoms with Crippen LogP contribution in [0.5, 0.6) is 0 Å². The summed E-state index contributed by atoms with van der Waals surface area (Å²) in [7, 11) is 0. The van der Waals surface area contributed by atoms with Crippen molar-refractivity contribution in [3.63, 3.8) is 0 Å². The van der Waals surface area contributed by atoms with Crippen LogP contribution in [-0.2, 0) is 17.6 Å². The molecule has 0 radical (unpaired) electrons. The Labute approximate surface area is 220 Å². The van der Waals surface area contributed by atoms with Crippen molar-refractivity contribution in [1.29, 1.82) is 0 Å². The molecule has 0 spiro atoms. The molecule has 1 aliphatic rings. The Kier molecular flexibility index (Phi) is 6.16. The summed E-state index contributed by atoms with van der Waals surface area (Å²) in [6.45, 7) is 1.89. The molecule has 0 saturated heterocycles. The average molecular weight is 534 g/mol. The highest BCUT2D eigenvalue weighted by Gasteiger charge is 2.30. The zero-order chi connectivity index (χ0) is 24.6. The van der Waals surface area contributed by atoms with Crippen molar-refractivity contribution in [2.24, 2.45) is 5.92 Å². The van der Waals surface area contributed by atoms with Crippen LogP contribution in [0.2, 0.25) is 5.02 Å². The maximum atomic E-state index is 13.0. The van der Waals surface area contributed by atoms with Gasteiger partial charge < -0.3 is 5.32 Å². The van der Waals surface area contributed by atoms with E-state index in [-0.39, 0.29) is 11.8 Å². The van der Waals surface area contributed by atoms with E-state index < -0.39 is 0 Å². The highest BCUT2D eigenvalue weighted by Crippen LogP contribution is 2.42. The lowest BCUT2D eigenvalue weighted by Gasteiger charge is -2.21. The summed E-state index contributed by atoms with van der Waals surface area (Å²) in [5.74, 6) is 0.594. The van der Waals surface area contributed by atoms with Crippen LogP contribution in [0.25, 0.3) is 15.9 Å². The molecule has 1 N–H and O–H groups in total. The lowest BCUT2D eigenvalue weighted by molar-refractivity contribution is -0.120. The van der Waals surface area contributed by atoms with E-state index in [2.05, 4.69) is 20.8 Å². The van der Waals surface area contributed by atoms with Crippen LogP contribution in [0, 0.1) is 12.8 Å². The Bertz CT molecular complexity index is 1580. The molecular formula is C25H20ClN7OS2. The second-order valence-electron chi connectivity index (χ2n) is 8.51. The number of aryl methyl sites for hydroxylation is 2. The molecule has 1 atom stereocenters. The first kappa shape index (κ1) is 23.1. The number of benzene rings is 2. The lowest BCUT2D eigenvalue weighted by Crippen LogP contribution is -2.27. The third kappa shape index (κ3) is 4.47. The number of nitrogens with one attached hydrogen (secondary N) is 1. The summed E-state index contributed by atoms with van der Waals surface area (Å²) in [6, 6.07) is 17.0. The Morgan fingerprint density at radius 2 is 2.03 bits per heavy atom. The zero-order valence-corrected chi connectivity index (χ0v) is 21.6. The number of anilines is 1. The van der Waals surface area contributed by atoms with Gasteiger partial charge in [0.1, 0.15) is 15.7 Å². The van der Waals surface area contributed by atoms with E-state index in [0.29, 0.717) is 28.1 Å². The number of para-hydroxylation sites is 1. The molecule has 180 valence electrons. The van der Waals surface area contributed by atoms with Crippen molar-refractivity contribution in [1.82, 2.24) is 30.2 Å². The van der Waals surface area contributed by atoms with Crippen LogP contribution < -0.4 is 5.32 Å². The van der Waals surface area contributed by atoms with Crippen LogP contribution >= 0.6 is 34.7 Å². The summed E-state index contributed by atoms with van der Waals surface area (Å²) in [4.78, 5) is 24.6. The third-order valence-corrected chi connectivity index (χ3v) is 8.39. The topological polar surface area (TPSA) is 98.5 Å². The monoisotopic (exact) mass is 533 g/mol. The third-order valence-electron chi connectivity index (χ3n) is 6.08. The highest BCUT2D eigenvalue weighted by atomic mass is 35.5. The fourth-order valence-electron chi connectivity index (χ4n) is 4.41. The van der Waals surface area contributed by atoms with E-state index in [1.165, 1.54) is 22.2 Å². The number of hydrogen-bond donors (Lipinski definition) is 1. The van der Waals surface area contributed by atoms with Crippen LogP contribution in [0.3, 0.4) is 0 Å². The predicted octanol–water partition coefficient (Wildman–Crippen LogP) is 5.52. The van der Waals surface area contributed by atoms with Gasteiger partial charge >= 0.3 is 0 Å². The number of fused-ring (bicyclic) bond motifs is 3. The molecular weight excluding hydrogens is 514 g/mol. The van der Waals surface area contributed by atoms with Crippen LogP contribution in [0.15, 0.2) is 64.8 Å². The van der Waals surface area contributed by atoms with Gasteiger partial charge in [-0.3, -0.25) is 4.79 Å². The molecule has 0 saturated carbocycles. The summed E-state index contributed by atoms with van der Waals surface area (Å²) in [6.07, 6.45) is 2.21. The first-order valence-electron chi connectivity index (χ1n) is 11.4. The number of amides is 1. The Morgan fingerprint density at radius 3 is 2.86 bits per heavy atom. The molecule has 5 aromatic rings. The van der Waals surface area contributed by atoms with Gasteiger partial charge in [0.2, 0.25) is 11.1 Å². The van der Waals surface area contributed by atoms with E-state index in [1.54, 1.807) is 28.2 Å². The molecule has 8 nitrogen and oxygen atoms in total. The summed E-state index contributed by atoms with van der Waals surface area (Å²) in [5.41, 5.74) is 2.82. The van der Waals surface area contributed by atoms with E-state index in [9.17, 15) is 4.79 Å². The number of carbonyl (C=O) groups excluding carboxylic acids is 1. The largest absolute Gasteiger partial charge is 0.326 e. The van der Waals surface area contributed by atoms with Crippen LogP contribution in [0.4, 0.5) is 5.69 Å². The van der Waals surface area contributed by atoms with Crippen molar-refractivity contribution >= 4 is 56.5 Å². The van der Waals surface area contributed by atoms with Gasteiger partial charge in [0.25, 0.3) is 0 Å². The van der Waals surface area contributed by atoms with Gasteiger partial charge in [-0.25, -0.2) is 9.97 Å². The van der Waals surface area contributed by atoms with Crippen LogP contribution in [0.1, 0.15) is 22.7 Å². The van der Waals surface area contributed by atoms with Crippen molar-refractivity contribution in [2.45, 2.75) is 36.4 Å². The number of halogens is 1. The lowest BCUT2D eigenvalue weighted by atomic mass is 9.87. The summed E-state index contributed by atoms with van der Waals surface area (Å²) in [5, 5.41) is 18.4. The van der Waals surface area contributed by atoms with Crippen molar-refractivity contribution < 1.29 is 4.79 Å². The molecule has 3 aromatic heterocycles. The minimum absolute atomic E-state index is 0.0132. The quantitative estimate of drug-likeness (QED) is 0.297. The molecule has 0 bridgehead atoms. The molecule has 36 heavy (non-hydrogen) atoms. The molecule has 1 amide bonds. The SMILES string of the molecule is Cc1nc(Sc2nnnn2-c2ccccc2)c2c3c(sc2n1)CC(C(=O)Nc1cccc(Cl)c1)CC3. The van der Waals surface area contributed by atoms with E-state index in [0.717, 1.165) is 33.8 Å². The number of aromatic nitrogens is 6. The fourth-order valence-corrected chi connectivity index (χ4v) is 6.99. The van der Waals surface area contributed by atoms with Crippen LogP contribution in [-0.4, -0.2) is 36.1 Å². The minimum atomic E-state index is -0.111. The van der Waals surface area contributed by atoms with Gasteiger partial charge in [-0.1, -0.05) is 35.9 Å². The fraction of sp³-hybridized carbons (Fsp3) is 0.200. The number of rotatable bonds is 5. The number of thiophene rings is 1. The second-order valence-corrected chi connectivity index (χ2v) is 11.0. The molecule has 0 aliphatic heterocycles. The van der Waals surface area contributed by atoms with Gasteiger partial charge in [0, 0.05) is 26.9 Å². The molecule has 1 aliphatic carbocycles. The van der Waals surface area contributed by atoms with Crippen molar-refractivity contribution in [3.8, 4) is 5.69 Å². The Morgan fingerprint density at radius 1 is 1.17 bits per heavy atom. The molecule has 2 aromatic carbocycles. The maximum Gasteiger partial charge on any atom is 0.227 e. The Hall–Kier alpha value is -3.34. The molecule has 6 rings (SSSR count). The number of tetrazole rings is 1.